The zero-order valence-corrected chi connectivity index (χ0v) is 18.9. The van der Waals surface area contributed by atoms with E-state index in [1.807, 2.05) is 24.3 Å². The smallest absolute Gasteiger partial charge is 0.266 e. The van der Waals surface area contributed by atoms with E-state index in [1.54, 1.807) is 36.6 Å². The quantitative estimate of drug-likeness (QED) is 0.474. The minimum Gasteiger partial charge on any atom is -0.266 e. The highest BCUT2D eigenvalue weighted by atomic mass is 127. The van der Waals surface area contributed by atoms with E-state index in [4.69, 9.17) is 0 Å². The number of anilines is 1. The molecular formula is C19H13IN6OS2. The average Bonchev–Trinajstić information content (AvgIpc) is 2.74. The van der Waals surface area contributed by atoms with Crippen molar-refractivity contribution in [3.05, 3.63) is 73.8 Å². The number of hydrogen-bond acceptors (Lipinski definition) is 8. The van der Waals surface area contributed by atoms with Gasteiger partial charge < -0.3 is 0 Å². The van der Waals surface area contributed by atoms with Crippen molar-refractivity contribution >= 4 is 56.2 Å². The molecule has 1 aromatic carbocycles. The van der Waals surface area contributed by atoms with Crippen LogP contribution in [0.3, 0.4) is 0 Å². The second-order valence-corrected chi connectivity index (χ2v) is 9.42. The molecule has 3 heterocycles. The Balaban J connectivity index is 1.60. The van der Waals surface area contributed by atoms with Gasteiger partial charge in [-0.05, 0) is 52.4 Å². The first-order valence-corrected chi connectivity index (χ1v) is 11.3. The molecule has 0 unspecified atom stereocenters. The number of fused-ring (bicyclic) bond motifs is 1. The Morgan fingerprint density at radius 2 is 2.17 bits per heavy atom. The van der Waals surface area contributed by atoms with Gasteiger partial charge in [0, 0.05) is 22.6 Å². The van der Waals surface area contributed by atoms with Crippen molar-refractivity contribution in [2.24, 2.45) is 5.10 Å². The maximum Gasteiger partial charge on any atom is 0.289 e. The summed E-state index contributed by atoms with van der Waals surface area (Å²) in [5, 5.41) is 19.8. The van der Waals surface area contributed by atoms with Gasteiger partial charge in [-0.3, -0.25) is 9.80 Å². The van der Waals surface area contributed by atoms with E-state index in [9.17, 15) is 10.1 Å². The summed E-state index contributed by atoms with van der Waals surface area (Å²) in [5.41, 5.74) is 2.01. The van der Waals surface area contributed by atoms with Crippen molar-refractivity contribution in [1.29, 1.82) is 5.26 Å². The fourth-order valence-electron chi connectivity index (χ4n) is 2.66. The van der Waals surface area contributed by atoms with Crippen LogP contribution in [0.4, 0.5) is 5.69 Å². The number of hydrazone groups is 1. The zero-order valence-electron chi connectivity index (χ0n) is 15.1. The molecule has 0 atom stereocenters. The number of thioether (sulfide) groups is 2. The number of halogens is 1. The Bertz CT molecular complexity index is 1210. The van der Waals surface area contributed by atoms with Gasteiger partial charge in [0.25, 0.3) is 5.56 Å². The van der Waals surface area contributed by atoms with E-state index >= 15 is 0 Å². The van der Waals surface area contributed by atoms with E-state index in [-0.39, 0.29) is 5.56 Å². The molecule has 1 aliphatic heterocycles. The van der Waals surface area contributed by atoms with Crippen molar-refractivity contribution in [2.45, 2.75) is 10.6 Å². The van der Waals surface area contributed by atoms with Crippen LogP contribution in [-0.2, 0) is 5.75 Å². The Labute approximate surface area is 189 Å². The van der Waals surface area contributed by atoms with Crippen LogP contribution in [0.1, 0.15) is 11.1 Å². The normalized spacial score (nSPS) is 12.9. The molecule has 0 bridgehead atoms. The van der Waals surface area contributed by atoms with E-state index in [0.717, 1.165) is 13.5 Å². The first-order chi connectivity index (χ1) is 14.1. The number of nitriles is 1. The lowest BCUT2D eigenvalue weighted by molar-refractivity contribution is 0.751. The van der Waals surface area contributed by atoms with Gasteiger partial charge in [0.15, 0.2) is 10.2 Å². The average molecular weight is 532 g/mol. The number of rotatable bonds is 3. The highest BCUT2D eigenvalue weighted by molar-refractivity contribution is 14.1. The van der Waals surface area contributed by atoms with Gasteiger partial charge in [0.05, 0.1) is 23.5 Å². The van der Waals surface area contributed by atoms with Crippen LogP contribution in [0, 0.1) is 14.9 Å². The summed E-state index contributed by atoms with van der Waals surface area (Å²) in [6.45, 7) is 0. The molecule has 0 saturated heterocycles. The van der Waals surface area contributed by atoms with E-state index in [0.29, 0.717) is 27.7 Å². The summed E-state index contributed by atoms with van der Waals surface area (Å²) < 4.78 is 3.05. The maximum absolute atomic E-state index is 13.0. The molecule has 0 aliphatic carbocycles. The number of hydrogen-bond donors (Lipinski definition) is 0. The Kier molecular flexibility index (Phi) is 5.89. The third kappa shape index (κ3) is 4.17. The van der Waals surface area contributed by atoms with Crippen LogP contribution in [-0.4, -0.2) is 26.2 Å². The summed E-state index contributed by atoms with van der Waals surface area (Å²) in [6, 6.07) is 13.4. The second kappa shape index (κ2) is 8.56. The standard InChI is InChI=1S/C19H13IN6OS2/c1-25-15-10-23-26(16-4-2-3-7-22-16)18(27)17(15)29-19(24-25)28-11-12-5-6-14(20)8-13(12)9-21/h2-8,10H,11H2,1H3. The Morgan fingerprint density at radius 3 is 2.93 bits per heavy atom. The molecule has 0 amide bonds. The fraction of sp³-hybridized carbons (Fsp3) is 0.105. The van der Waals surface area contributed by atoms with Gasteiger partial charge in [-0.25, -0.2) is 4.98 Å². The number of benzene rings is 1. The van der Waals surface area contributed by atoms with E-state index in [1.165, 1.54) is 28.2 Å². The van der Waals surface area contributed by atoms with Crippen molar-refractivity contribution in [3.63, 3.8) is 0 Å². The molecule has 7 nitrogen and oxygen atoms in total. The van der Waals surface area contributed by atoms with Gasteiger partial charge >= 0.3 is 0 Å². The van der Waals surface area contributed by atoms with E-state index in [2.05, 4.69) is 43.8 Å². The summed E-state index contributed by atoms with van der Waals surface area (Å²) in [7, 11) is 1.79. The Hall–Kier alpha value is -2.36. The third-order valence-electron chi connectivity index (χ3n) is 4.09. The van der Waals surface area contributed by atoms with Crippen LogP contribution in [0.2, 0.25) is 0 Å². The molecule has 0 spiro atoms. The first kappa shape index (κ1) is 19.9. The largest absolute Gasteiger partial charge is 0.289 e. The molecular weight excluding hydrogens is 519 g/mol. The molecule has 29 heavy (non-hydrogen) atoms. The number of pyridine rings is 1. The maximum atomic E-state index is 13.0. The molecule has 10 heteroatoms. The second-order valence-electron chi connectivity index (χ2n) is 5.96. The highest BCUT2D eigenvalue weighted by Crippen LogP contribution is 2.36. The molecule has 1 aliphatic rings. The monoisotopic (exact) mass is 532 g/mol. The molecule has 0 N–H and O–H groups in total. The molecule has 4 rings (SSSR count). The van der Waals surface area contributed by atoms with Crippen molar-refractivity contribution in [1.82, 2.24) is 14.8 Å². The van der Waals surface area contributed by atoms with Gasteiger partial charge in [0.2, 0.25) is 0 Å². The topological polar surface area (TPSA) is 87.2 Å². The zero-order chi connectivity index (χ0) is 20.4. The first-order valence-electron chi connectivity index (χ1n) is 8.42. The molecule has 3 aromatic rings. The Morgan fingerprint density at radius 1 is 1.31 bits per heavy atom. The fourth-order valence-corrected chi connectivity index (χ4v) is 5.32. The van der Waals surface area contributed by atoms with E-state index < -0.39 is 0 Å². The lowest BCUT2D eigenvalue weighted by Crippen LogP contribution is -2.28. The molecule has 2 aromatic heterocycles. The summed E-state index contributed by atoms with van der Waals surface area (Å²) >= 11 is 5.01. The summed E-state index contributed by atoms with van der Waals surface area (Å²) in [4.78, 5) is 17.8. The van der Waals surface area contributed by atoms with Crippen LogP contribution in [0.15, 0.2) is 63.6 Å². The van der Waals surface area contributed by atoms with Crippen molar-refractivity contribution < 1.29 is 0 Å². The van der Waals surface area contributed by atoms with Crippen LogP contribution >= 0.6 is 46.1 Å². The summed E-state index contributed by atoms with van der Waals surface area (Å²) in [5.74, 6) is 1.06. The predicted molar refractivity (Wildman–Crippen MR) is 124 cm³/mol. The number of aromatic nitrogens is 3. The van der Waals surface area contributed by atoms with Crippen LogP contribution in [0.5, 0.6) is 0 Å². The van der Waals surface area contributed by atoms with Crippen molar-refractivity contribution in [3.8, 4) is 11.9 Å². The summed E-state index contributed by atoms with van der Waals surface area (Å²) in [6.07, 6.45) is 3.25. The van der Waals surface area contributed by atoms with Gasteiger partial charge in [0.1, 0.15) is 4.90 Å². The number of nitrogens with zero attached hydrogens (tertiary/aromatic N) is 6. The lowest BCUT2D eigenvalue weighted by Gasteiger charge is -2.23. The minimum atomic E-state index is -0.238. The molecule has 0 fully saturated rings. The van der Waals surface area contributed by atoms with Crippen molar-refractivity contribution in [2.75, 3.05) is 12.1 Å². The van der Waals surface area contributed by atoms with Gasteiger partial charge in [-0.1, -0.05) is 35.7 Å². The SMILES string of the molecule is CN1N=C(SCc2ccc(I)cc2C#N)Sc2c1cnn(-c1ccccn1)c2=O. The van der Waals surface area contributed by atoms with Gasteiger partial charge in [-0.15, -0.1) is 0 Å². The van der Waals surface area contributed by atoms with Gasteiger partial charge in [-0.2, -0.15) is 20.1 Å². The molecule has 144 valence electrons. The predicted octanol–water partition coefficient (Wildman–Crippen LogP) is 3.85. The van der Waals surface area contributed by atoms with Crippen LogP contribution in [0.25, 0.3) is 5.82 Å². The lowest BCUT2D eigenvalue weighted by atomic mass is 10.1. The van der Waals surface area contributed by atoms with Crippen LogP contribution < -0.4 is 10.6 Å². The minimum absolute atomic E-state index is 0.238. The molecule has 0 saturated carbocycles. The molecule has 0 radical (unpaired) electrons. The third-order valence-corrected chi connectivity index (χ3v) is 7.00. The highest BCUT2D eigenvalue weighted by Gasteiger charge is 2.24.